The fourth-order valence-corrected chi connectivity index (χ4v) is 3.25. The lowest BCUT2D eigenvalue weighted by Crippen LogP contribution is -2.39. The molecule has 0 saturated carbocycles. The number of nitrogens with one attached hydrogen (secondary N) is 1. The van der Waals surface area contributed by atoms with E-state index in [1.165, 1.54) is 0 Å². The van der Waals surface area contributed by atoms with Crippen LogP contribution < -0.4 is 10.1 Å². The van der Waals surface area contributed by atoms with Crippen molar-refractivity contribution < 1.29 is 23.9 Å². The molecule has 1 N–H and O–H groups in total. The van der Waals surface area contributed by atoms with Gasteiger partial charge in [0.1, 0.15) is 16.9 Å². The fraction of sp³-hybridized carbons (Fsp3) is 0.429. The minimum absolute atomic E-state index is 0.216. The molecule has 1 fully saturated rings. The number of hydrogen-bond acceptors (Lipinski definition) is 6. The summed E-state index contributed by atoms with van der Waals surface area (Å²) in [5.74, 6) is -0.924. The molecule has 1 atom stereocenters. The van der Waals surface area contributed by atoms with Crippen LogP contribution in [-0.2, 0) is 19.1 Å². The van der Waals surface area contributed by atoms with Gasteiger partial charge in [0, 0.05) is 17.5 Å². The fourth-order valence-electron chi connectivity index (χ4n) is 3.25. The number of pyridine rings is 1. The monoisotopic (exact) mass is 384 g/mol. The van der Waals surface area contributed by atoms with E-state index in [1.807, 2.05) is 19.1 Å². The number of ether oxygens (including phenoxy) is 2. The van der Waals surface area contributed by atoms with Crippen LogP contribution in [0.4, 0.5) is 0 Å². The Morgan fingerprint density at radius 2 is 2.04 bits per heavy atom. The quantitative estimate of drug-likeness (QED) is 0.643. The molecule has 0 spiro atoms. The third-order valence-corrected chi connectivity index (χ3v) is 4.42. The standard InChI is InChI=1S/C21H24N2O5/c1-12-15(14-8-9-17(24)23-20(14)26)10-13-6-5-7-16(19(13)22-12)27-11-18(25)28-21(2,3)4/h5-7,10,14H,8-9,11H2,1-4H3,(H,23,24,26). The van der Waals surface area contributed by atoms with Gasteiger partial charge in [0.25, 0.3) is 0 Å². The van der Waals surface area contributed by atoms with Crippen LogP contribution in [-0.4, -0.2) is 35.0 Å². The van der Waals surface area contributed by atoms with Crippen LogP contribution in [0.1, 0.15) is 50.8 Å². The molecule has 3 rings (SSSR count). The molecule has 28 heavy (non-hydrogen) atoms. The molecule has 2 heterocycles. The number of aryl methyl sites for hydroxylation is 1. The highest BCUT2D eigenvalue weighted by Crippen LogP contribution is 2.32. The van der Waals surface area contributed by atoms with E-state index in [9.17, 15) is 14.4 Å². The average molecular weight is 384 g/mol. The minimum Gasteiger partial charge on any atom is -0.480 e. The lowest BCUT2D eigenvalue weighted by Gasteiger charge is -2.23. The van der Waals surface area contributed by atoms with Crippen LogP contribution in [0.3, 0.4) is 0 Å². The molecule has 7 nitrogen and oxygen atoms in total. The summed E-state index contributed by atoms with van der Waals surface area (Å²) in [6, 6.07) is 7.32. The minimum atomic E-state index is -0.578. The number of imide groups is 1. The van der Waals surface area contributed by atoms with Crippen LogP contribution in [0.2, 0.25) is 0 Å². The van der Waals surface area contributed by atoms with E-state index in [-0.39, 0.29) is 18.4 Å². The Morgan fingerprint density at radius 3 is 2.71 bits per heavy atom. The van der Waals surface area contributed by atoms with E-state index >= 15 is 0 Å². The number of amides is 2. The molecule has 1 aliphatic rings. The van der Waals surface area contributed by atoms with E-state index in [2.05, 4.69) is 10.3 Å². The van der Waals surface area contributed by atoms with E-state index in [0.717, 1.165) is 10.9 Å². The van der Waals surface area contributed by atoms with Crippen LogP contribution in [0.5, 0.6) is 5.75 Å². The van der Waals surface area contributed by atoms with Gasteiger partial charge in [-0.15, -0.1) is 0 Å². The maximum absolute atomic E-state index is 12.2. The van der Waals surface area contributed by atoms with Gasteiger partial charge >= 0.3 is 5.97 Å². The molecule has 0 aliphatic carbocycles. The van der Waals surface area contributed by atoms with Gasteiger partial charge in [0.15, 0.2) is 6.61 Å². The van der Waals surface area contributed by atoms with Crippen molar-refractivity contribution in [3.8, 4) is 5.75 Å². The van der Waals surface area contributed by atoms with Crippen LogP contribution in [0.25, 0.3) is 10.9 Å². The molecule has 1 aliphatic heterocycles. The maximum Gasteiger partial charge on any atom is 0.344 e. The van der Waals surface area contributed by atoms with Gasteiger partial charge < -0.3 is 9.47 Å². The van der Waals surface area contributed by atoms with Crippen molar-refractivity contribution >= 4 is 28.7 Å². The topological polar surface area (TPSA) is 94.6 Å². The predicted octanol–water partition coefficient (Wildman–Crippen LogP) is 2.78. The summed E-state index contributed by atoms with van der Waals surface area (Å²) >= 11 is 0. The Morgan fingerprint density at radius 1 is 1.29 bits per heavy atom. The van der Waals surface area contributed by atoms with Crippen molar-refractivity contribution in [3.05, 3.63) is 35.5 Å². The molecule has 1 aromatic carbocycles. The molecule has 0 radical (unpaired) electrons. The second-order valence-electron chi connectivity index (χ2n) is 7.87. The third-order valence-electron chi connectivity index (χ3n) is 4.42. The zero-order valence-corrected chi connectivity index (χ0v) is 16.5. The van der Waals surface area contributed by atoms with Gasteiger partial charge in [-0.05, 0) is 51.8 Å². The van der Waals surface area contributed by atoms with Crippen molar-refractivity contribution in [2.75, 3.05) is 6.61 Å². The highest BCUT2D eigenvalue weighted by Gasteiger charge is 2.29. The molecule has 148 valence electrons. The summed E-state index contributed by atoms with van der Waals surface area (Å²) < 4.78 is 10.9. The van der Waals surface area contributed by atoms with Crippen molar-refractivity contribution in [2.45, 2.75) is 52.1 Å². The molecular formula is C21H24N2O5. The Bertz CT molecular complexity index is 946. The van der Waals surface area contributed by atoms with E-state index in [0.29, 0.717) is 29.8 Å². The van der Waals surface area contributed by atoms with Crippen molar-refractivity contribution in [1.29, 1.82) is 0 Å². The van der Waals surface area contributed by atoms with Gasteiger partial charge in [-0.1, -0.05) is 12.1 Å². The van der Waals surface area contributed by atoms with Crippen LogP contribution in [0.15, 0.2) is 24.3 Å². The Balaban J connectivity index is 1.85. The summed E-state index contributed by atoms with van der Waals surface area (Å²) in [6.07, 6.45) is 0.778. The molecule has 7 heteroatoms. The Labute approximate surface area is 163 Å². The number of hydrogen-bond donors (Lipinski definition) is 1. The van der Waals surface area contributed by atoms with Crippen LogP contribution in [0, 0.1) is 6.92 Å². The summed E-state index contributed by atoms with van der Waals surface area (Å²) in [5, 5.41) is 3.18. The first-order chi connectivity index (χ1) is 13.1. The van der Waals surface area contributed by atoms with Gasteiger partial charge in [-0.2, -0.15) is 0 Å². The first-order valence-electron chi connectivity index (χ1n) is 9.22. The zero-order valence-electron chi connectivity index (χ0n) is 16.5. The van der Waals surface area contributed by atoms with Gasteiger partial charge in [0.2, 0.25) is 11.8 Å². The number of nitrogens with zero attached hydrogens (tertiary/aromatic N) is 1. The van der Waals surface area contributed by atoms with Gasteiger partial charge in [0.05, 0.1) is 5.92 Å². The van der Waals surface area contributed by atoms with E-state index < -0.39 is 17.5 Å². The SMILES string of the molecule is Cc1nc2c(OCC(=O)OC(C)(C)C)cccc2cc1C1CCC(=O)NC1=O. The maximum atomic E-state index is 12.2. The second kappa shape index (κ2) is 7.58. The molecule has 1 aromatic heterocycles. The second-order valence-corrected chi connectivity index (χ2v) is 7.87. The van der Waals surface area contributed by atoms with E-state index in [4.69, 9.17) is 9.47 Å². The molecule has 1 saturated heterocycles. The lowest BCUT2D eigenvalue weighted by atomic mass is 9.89. The van der Waals surface area contributed by atoms with Gasteiger partial charge in [-0.3, -0.25) is 14.9 Å². The Kier molecular flexibility index (Phi) is 5.36. The van der Waals surface area contributed by atoms with Crippen molar-refractivity contribution in [1.82, 2.24) is 10.3 Å². The molecular weight excluding hydrogens is 360 g/mol. The largest absolute Gasteiger partial charge is 0.480 e. The summed E-state index contributed by atoms with van der Waals surface area (Å²) in [6.45, 7) is 6.99. The average Bonchev–Trinajstić information content (AvgIpc) is 2.58. The summed E-state index contributed by atoms with van der Waals surface area (Å²) in [5.41, 5.74) is 1.52. The summed E-state index contributed by atoms with van der Waals surface area (Å²) in [7, 11) is 0. The normalized spacial score (nSPS) is 17.4. The van der Waals surface area contributed by atoms with Gasteiger partial charge in [-0.25, -0.2) is 9.78 Å². The summed E-state index contributed by atoms with van der Waals surface area (Å²) in [4.78, 5) is 40.2. The molecule has 2 amide bonds. The number of aromatic nitrogens is 1. The van der Waals surface area contributed by atoms with E-state index in [1.54, 1.807) is 32.9 Å². The number of para-hydroxylation sites is 1. The smallest absolute Gasteiger partial charge is 0.344 e. The highest BCUT2D eigenvalue weighted by molar-refractivity contribution is 6.01. The van der Waals surface area contributed by atoms with Crippen LogP contribution >= 0.6 is 0 Å². The van der Waals surface area contributed by atoms with Crippen molar-refractivity contribution in [3.63, 3.8) is 0 Å². The number of esters is 1. The number of carbonyl (C=O) groups is 3. The lowest BCUT2D eigenvalue weighted by molar-refractivity contribution is -0.157. The zero-order chi connectivity index (χ0) is 20.5. The molecule has 2 aromatic rings. The number of rotatable bonds is 4. The molecule has 0 bridgehead atoms. The third kappa shape index (κ3) is 4.47. The first kappa shape index (κ1) is 19.8. The number of fused-ring (bicyclic) bond motifs is 1. The highest BCUT2D eigenvalue weighted by atomic mass is 16.6. The first-order valence-corrected chi connectivity index (χ1v) is 9.22. The molecule has 1 unspecified atom stereocenters. The number of piperidine rings is 1. The van der Waals surface area contributed by atoms with Crippen molar-refractivity contribution in [2.24, 2.45) is 0 Å². The predicted molar refractivity (Wildman–Crippen MR) is 103 cm³/mol. The number of carbonyl (C=O) groups excluding carboxylic acids is 3. The number of benzene rings is 1. The Hall–Kier alpha value is -2.96.